The average molecular weight is 235 g/mol. The molecule has 94 valence electrons. The third kappa shape index (κ3) is 2.88. The van der Waals surface area contributed by atoms with Crippen LogP contribution < -0.4 is 10.6 Å². The molecule has 1 fully saturated rings. The van der Waals surface area contributed by atoms with Crippen molar-refractivity contribution in [3.63, 3.8) is 0 Å². The lowest BCUT2D eigenvalue weighted by Gasteiger charge is -2.22. The Morgan fingerprint density at radius 2 is 2.41 bits per heavy atom. The second-order valence-electron chi connectivity index (χ2n) is 4.84. The maximum absolute atomic E-state index is 12.0. The van der Waals surface area contributed by atoms with Crippen molar-refractivity contribution >= 4 is 5.91 Å². The Kier molecular flexibility index (Phi) is 3.84. The van der Waals surface area contributed by atoms with Crippen LogP contribution in [-0.2, 0) is 7.05 Å². The van der Waals surface area contributed by atoms with E-state index in [1.54, 1.807) is 0 Å². The number of nitrogens with one attached hydrogen (secondary N) is 2. The highest BCUT2D eigenvalue weighted by Crippen LogP contribution is 2.09. The van der Waals surface area contributed by atoms with Crippen LogP contribution in [0.1, 0.15) is 29.0 Å². The number of aryl methyl sites for hydroxylation is 1. The molecule has 1 saturated heterocycles. The molecule has 0 saturated carbocycles. The van der Waals surface area contributed by atoms with Gasteiger partial charge in [0.25, 0.3) is 5.91 Å². The van der Waals surface area contributed by atoms with E-state index in [1.165, 1.54) is 12.8 Å². The zero-order chi connectivity index (χ0) is 12.3. The van der Waals surface area contributed by atoms with E-state index in [0.29, 0.717) is 5.92 Å². The van der Waals surface area contributed by atoms with E-state index >= 15 is 0 Å². The Labute approximate surface area is 102 Å². The van der Waals surface area contributed by atoms with Gasteiger partial charge in [0.1, 0.15) is 5.69 Å². The van der Waals surface area contributed by atoms with Gasteiger partial charge < -0.3 is 15.2 Å². The van der Waals surface area contributed by atoms with Gasteiger partial charge in [-0.15, -0.1) is 0 Å². The summed E-state index contributed by atoms with van der Waals surface area (Å²) in [4.78, 5) is 12.0. The topological polar surface area (TPSA) is 46.1 Å². The lowest BCUT2D eigenvalue weighted by atomic mass is 10.00. The highest BCUT2D eigenvalue weighted by Gasteiger charge is 2.15. The first-order chi connectivity index (χ1) is 8.18. The second-order valence-corrected chi connectivity index (χ2v) is 4.84. The molecule has 4 heteroatoms. The molecule has 2 rings (SSSR count). The molecule has 0 aromatic carbocycles. The Hall–Kier alpha value is -1.29. The SMILES string of the molecule is Cc1ccc(C(=O)NCC2CCCNC2)n1C. The minimum Gasteiger partial charge on any atom is -0.350 e. The predicted octanol–water partition coefficient (Wildman–Crippen LogP) is 1.06. The molecule has 1 amide bonds. The quantitative estimate of drug-likeness (QED) is 0.823. The van der Waals surface area contributed by atoms with Crippen LogP contribution in [0.5, 0.6) is 0 Å². The molecule has 1 atom stereocenters. The Morgan fingerprint density at radius 3 is 3.00 bits per heavy atom. The number of hydrogen-bond donors (Lipinski definition) is 2. The van der Waals surface area contributed by atoms with Crippen LogP contribution in [0, 0.1) is 12.8 Å². The molecule has 0 radical (unpaired) electrons. The van der Waals surface area contributed by atoms with Crippen LogP contribution in [0.2, 0.25) is 0 Å². The van der Waals surface area contributed by atoms with Crippen LogP contribution in [0.15, 0.2) is 12.1 Å². The smallest absolute Gasteiger partial charge is 0.267 e. The molecule has 1 unspecified atom stereocenters. The van der Waals surface area contributed by atoms with Gasteiger partial charge in [0.15, 0.2) is 0 Å². The molecule has 1 aliphatic rings. The van der Waals surface area contributed by atoms with Gasteiger partial charge >= 0.3 is 0 Å². The highest BCUT2D eigenvalue weighted by atomic mass is 16.1. The number of hydrogen-bond acceptors (Lipinski definition) is 2. The van der Waals surface area contributed by atoms with E-state index < -0.39 is 0 Å². The Bertz CT molecular complexity index is 391. The summed E-state index contributed by atoms with van der Waals surface area (Å²) in [6, 6.07) is 3.85. The summed E-state index contributed by atoms with van der Waals surface area (Å²) in [5, 5.41) is 6.38. The standard InChI is InChI=1S/C13H21N3O/c1-10-5-6-12(16(10)2)13(17)15-9-11-4-3-7-14-8-11/h5-6,11,14H,3-4,7-9H2,1-2H3,(H,15,17). The molecule has 2 heterocycles. The molecule has 4 nitrogen and oxygen atoms in total. The van der Waals surface area contributed by atoms with Gasteiger partial charge in [-0.1, -0.05) is 0 Å². The molecular weight excluding hydrogens is 214 g/mol. The third-order valence-corrected chi connectivity index (χ3v) is 3.56. The monoisotopic (exact) mass is 235 g/mol. The van der Waals surface area contributed by atoms with E-state index in [1.807, 2.05) is 30.7 Å². The minimum absolute atomic E-state index is 0.0335. The number of nitrogens with zero attached hydrogens (tertiary/aromatic N) is 1. The summed E-state index contributed by atoms with van der Waals surface area (Å²) in [7, 11) is 1.92. The molecule has 0 bridgehead atoms. The van der Waals surface area contributed by atoms with Gasteiger partial charge in [0.05, 0.1) is 0 Å². The number of piperidine rings is 1. The number of carbonyl (C=O) groups excluding carboxylic acids is 1. The summed E-state index contributed by atoms with van der Waals surface area (Å²) in [5.41, 5.74) is 1.85. The van der Waals surface area contributed by atoms with Gasteiger partial charge in [-0.05, 0) is 50.9 Å². The fourth-order valence-electron chi connectivity index (χ4n) is 2.27. The summed E-state index contributed by atoms with van der Waals surface area (Å²) >= 11 is 0. The molecule has 2 N–H and O–H groups in total. The van der Waals surface area contributed by atoms with Gasteiger partial charge in [-0.2, -0.15) is 0 Å². The molecule has 1 aromatic heterocycles. The van der Waals surface area contributed by atoms with Crippen molar-refractivity contribution < 1.29 is 4.79 Å². The minimum atomic E-state index is 0.0335. The number of amides is 1. The number of rotatable bonds is 3. The first-order valence-corrected chi connectivity index (χ1v) is 6.29. The van der Waals surface area contributed by atoms with Crippen molar-refractivity contribution in [3.05, 3.63) is 23.5 Å². The van der Waals surface area contributed by atoms with Crippen LogP contribution in [0.3, 0.4) is 0 Å². The van der Waals surface area contributed by atoms with Crippen molar-refractivity contribution in [2.45, 2.75) is 19.8 Å². The van der Waals surface area contributed by atoms with E-state index in [-0.39, 0.29) is 5.91 Å². The zero-order valence-electron chi connectivity index (χ0n) is 10.6. The van der Waals surface area contributed by atoms with Crippen LogP contribution in [0.25, 0.3) is 0 Å². The van der Waals surface area contributed by atoms with Gasteiger partial charge in [-0.25, -0.2) is 0 Å². The zero-order valence-corrected chi connectivity index (χ0v) is 10.6. The van der Waals surface area contributed by atoms with E-state index in [4.69, 9.17) is 0 Å². The average Bonchev–Trinajstić information content (AvgIpc) is 2.69. The summed E-state index contributed by atoms with van der Waals surface area (Å²) in [6.07, 6.45) is 2.42. The molecule has 1 aliphatic heterocycles. The third-order valence-electron chi connectivity index (χ3n) is 3.56. The normalized spacial score (nSPS) is 20.2. The van der Waals surface area contributed by atoms with Crippen molar-refractivity contribution in [2.75, 3.05) is 19.6 Å². The number of carbonyl (C=O) groups is 1. The molecule has 1 aromatic rings. The van der Waals surface area contributed by atoms with Crippen LogP contribution in [0.4, 0.5) is 0 Å². The second kappa shape index (κ2) is 5.36. The molecule has 0 aliphatic carbocycles. The summed E-state index contributed by atoms with van der Waals surface area (Å²) < 4.78 is 1.93. The van der Waals surface area contributed by atoms with Gasteiger partial charge in [0.2, 0.25) is 0 Å². The van der Waals surface area contributed by atoms with Crippen LogP contribution >= 0.6 is 0 Å². The number of aromatic nitrogens is 1. The Balaban J connectivity index is 1.86. The predicted molar refractivity (Wildman–Crippen MR) is 68.1 cm³/mol. The van der Waals surface area contributed by atoms with Crippen molar-refractivity contribution in [2.24, 2.45) is 13.0 Å². The van der Waals surface area contributed by atoms with Crippen LogP contribution in [-0.4, -0.2) is 30.1 Å². The molecular formula is C13H21N3O. The lowest BCUT2D eigenvalue weighted by molar-refractivity contribution is 0.0936. The van der Waals surface area contributed by atoms with Gasteiger partial charge in [0, 0.05) is 19.3 Å². The van der Waals surface area contributed by atoms with Gasteiger partial charge in [-0.3, -0.25) is 4.79 Å². The lowest BCUT2D eigenvalue weighted by Crippen LogP contribution is -2.38. The largest absolute Gasteiger partial charge is 0.350 e. The van der Waals surface area contributed by atoms with Crippen molar-refractivity contribution in [1.29, 1.82) is 0 Å². The summed E-state index contributed by atoms with van der Waals surface area (Å²) in [5.74, 6) is 0.611. The first kappa shape index (κ1) is 12.2. The fourth-order valence-corrected chi connectivity index (χ4v) is 2.27. The summed E-state index contributed by atoms with van der Waals surface area (Å²) in [6.45, 7) is 4.91. The van der Waals surface area contributed by atoms with E-state index in [0.717, 1.165) is 31.0 Å². The highest BCUT2D eigenvalue weighted by molar-refractivity contribution is 5.92. The molecule has 0 spiro atoms. The Morgan fingerprint density at radius 1 is 1.59 bits per heavy atom. The van der Waals surface area contributed by atoms with Crippen molar-refractivity contribution in [3.8, 4) is 0 Å². The van der Waals surface area contributed by atoms with Crippen molar-refractivity contribution in [1.82, 2.24) is 15.2 Å². The maximum atomic E-state index is 12.0. The molecule has 17 heavy (non-hydrogen) atoms. The van der Waals surface area contributed by atoms with E-state index in [2.05, 4.69) is 10.6 Å². The fraction of sp³-hybridized carbons (Fsp3) is 0.615. The first-order valence-electron chi connectivity index (χ1n) is 6.29. The van der Waals surface area contributed by atoms with E-state index in [9.17, 15) is 4.79 Å². The maximum Gasteiger partial charge on any atom is 0.267 e.